The minimum atomic E-state index is 0.535. The maximum atomic E-state index is 5.87. The molecule has 1 atom stereocenters. The fraction of sp³-hybridized carbons (Fsp3) is 0.588. The molecule has 1 fully saturated rings. The highest BCUT2D eigenvalue weighted by atomic mass is 127. The molecule has 0 bridgehead atoms. The van der Waals surface area contributed by atoms with Gasteiger partial charge in [0.05, 0.1) is 6.20 Å². The van der Waals surface area contributed by atoms with Crippen LogP contribution in [0.5, 0.6) is 5.75 Å². The van der Waals surface area contributed by atoms with Gasteiger partial charge in [0.25, 0.3) is 0 Å². The molecule has 0 saturated carbocycles. The predicted molar refractivity (Wildman–Crippen MR) is 95.0 cm³/mol. The van der Waals surface area contributed by atoms with E-state index in [1.807, 2.05) is 6.07 Å². The third-order valence-electron chi connectivity index (χ3n) is 3.75. The SMILES string of the molecule is CN1CCC[C@H]1COc1cncc(C#CCCCCI)c1. The van der Waals surface area contributed by atoms with Crippen LogP contribution in [0.4, 0.5) is 0 Å². The summed E-state index contributed by atoms with van der Waals surface area (Å²) in [4.78, 5) is 6.59. The molecule has 1 aromatic heterocycles. The molecule has 2 heterocycles. The topological polar surface area (TPSA) is 25.4 Å². The molecule has 0 aromatic carbocycles. The number of pyridine rings is 1. The molecular formula is C17H23IN2O. The lowest BCUT2D eigenvalue weighted by Crippen LogP contribution is -2.30. The van der Waals surface area contributed by atoms with Crippen LogP contribution in [0, 0.1) is 11.8 Å². The van der Waals surface area contributed by atoms with Crippen molar-refractivity contribution in [3.05, 3.63) is 24.0 Å². The van der Waals surface area contributed by atoms with Crippen molar-refractivity contribution in [3.8, 4) is 17.6 Å². The van der Waals surface area contributed by atoms with Crippen LogP contribution < -0.4 is 4.74 Å². The van der Waals surface area contributed by atoms with Crippen LogP contribution in [0.1, 0.15) is 37.7 Å². The second kappa shape index (κ2) is 9.26. The first-order valence-corrected chi connectivity index (χ1v) is 9.15. The molecule has 1 saturated heterocycles. The number of likely N-dealkylation sites (tertiary alicyclic amines) is 1. The van der Waals surface area contributed by atoms with Crippen LogP contribution in [0.3, 0.4) is 0 Å². The highest BCUT2D eigenvalue weighted by Gasteiger charge is 2.21. The summed E-state index contributed by atoms with van der Waals surface area (Å²) in [6.45, 7) is 1.92. The van der Waals surface area contributed by atoms with E-state index in [4.69, 9.17) is 4.74 Å². The lowest BCUT2D eigenvalue weighted by atomic mass is 10.2. The maximum Gasteiger partial charge on any atom is 0.138 e. The Morgan fingerprint density at radius 1 is 1.43 bits per heavy atom. The largest absolute Gasteiger partial charge is 0.490 e. The molecule has 0 amide bonds. The Kier molecular flexibility index (Phi) is 7.31. The lowest BCUT2D eigenvalue weighted by molar-refractivity contribution is 0.198. The number of aromatic nitrogens is 1. The van der Waals surface area contributed by atoms with Crippen molar-refractivity contribution in [1.29, 1.82) is 0 Å². The van der Waals surface area contributed by atoms with Gasteiger partial charge in [-0.1, -0.05) is 34.4 Å². The maximum absolute atomic E-state index is 5.87. The van der Waals surface area contributed by atoms with E-state index in [1.165, 1.54) is 36.7 Å². The van der Waals surface area contributed by atoms with Crippen molar-refractivity contribution in [2.45, 2.75) is 38.1 Å². The normalized spacial score (nSPS) is 18.3. The summed E-state index contributed by atoms with van der Waals surface area (Å²) in [5, 5.41) is 0. The standard InChI is InChI=1S/C17H23IN2O/c1-20-10-6-8-16(20)14-21-17-11-15(12-19-13-17)7-4-2-3-5-9-18/h11-13,16H,2-3,5-6,8-10,14H2,1H3/t16-/m0/s1. The lowest BCUT2D eigenvalue weighted by Gasteiger charge is -2.19. The molecule has 114 valence electrons. The Hall–Kier alpha value is -0.800. The van der Waals surface area contributed by atoms with Crippen molar-refractivity contribution in [2.75, 3.05) is 24.6 Å². The molecule has 1 aliphatic rings. The third kappa shape index (κ3) is 5.84. The molecule has 0 unspecified atom stereocenters. The first-order chi connectivity index (χ1) is 10.3. The number of hydrogen-bond acceptors (Lipinski definition) is 3. The molecule has 4 heteroatoms. The van der Waals surface area contributed by atoms with E-state index in [-0.39, 0.29) is 0 Å². The van der Waals surface area contributed by atoms with Gasteiger partial charge in [-0.25, -0.2) is 0 Å². The van der Waals surface area contributed by atoms with Crippen molar-refractivity contribution in [3.63, 3.8) is 0 Å². The molecule has 0 aliphatic carbocycles. The Balaban J connectivity index is 1.82. The van der Waals surface area contributed by atoms with Crippen molar-refractivity contribution >= 4 is 22.6 Å². The van der Waals surface area contributed by atoms with Crippen LogP contribution in [0.25, 0.3) is 0 Å². The third-order valence-corrected chi connectivity index (χ3v) is 4.51. The van der Waals surface area contributed by atoms with E-state index >= 15 is 0 Å². The number of likely N-dealkylation sites (N-methyl/N-ethyl adjacent to an activating group) is 1. The van der Waals surface area contributed by atoms with Gasteiger partial charge in [-0.2, -0.15) is 0 Å². The smallest absolute Gasteiger partial charge is 0.138 e. The fourth-order valence-electron chi connectivity index (χ4n) is 2.42. The molecule has 0 radical (unpaired) electrons. The van der Waals surface area contributed by atoms with E-state index in [1.54, 1.807) is 12.4 Å². The average molecular weight is 398 g/mol. The van der Waals surface area contributed by atoms with Gasteiger partial charge in [0.15, 0.2) is 0 Å². The number of alkyl halides is 1. The van der Waals surface area contributed by atoms with Gasteiger partial charge in [0.2, 0.25) is 0 Å². The first kappa shape index (κ1) is 16.6. The van der Waals surface area contributed by atoms with E-state index < -0.39 is 0 Å². The molecule has 2 rings (SSSR count). The zero-order valence-electron chi connectivity index (χ0n) is 12.6. The van der Waals surface area contributed by atoms with Gasteiger partial charge in [0, 0.05) is 24.2 Å². The average Bonchev–Trinajstić information content (AvgIpc) is 2.91. The zero-order valence-corrected chi connectivity index (χ0v) is 14.8. The zero-order chi connectivity index (χ0) is 14.9. The second-order valence-corrected chi connectivity index (χ2v) is 6.52. The molecule has 0 spiro atoms. The van der Waals surface area contributed by atoms with Crippen LogP contribution >= 0.6 is 22.6 Å². The van der Waals surface area contributed by atoms with E-state index in [2.05, 4.69) is 51.4 Å². The molecule has 1 aliphatic heterocycles. The second-order valence-electron chi connectivity index (χ2n) is 5.44. The van der Waals surface area contributed by atoms with Gasteiger partial charge in [-0.05, 0) is 49.8 Å². The monoisotopic (exact) mass is 398 g/mol. The number of hydrogen-bond donors (Lipinski definition) is 0. The van der Waals surface area contributed by atoms with Gasteiger partial charge in [0.1, 0.15) is 12.4 Å². The number of nitrogens with zero attached hydrogens (tertiary/aromatic N) is 2. The number of rotatable bonds is 6. The fourth-order valence-corrected chi connectivity index (χ4v) is 2.96. The van der Waals surface area contributed by atoms with Gasteiger partial charge in [-0.15, -0.1) is 0 Å². The van der Waals surface area contributed by atoms with Gasteiger partial charge < -0.3 is 9.64 Å². The van der Waals surface area contributed by atoms with Crippen LogP contribution in [-0.4, -0.2) is 40.6 Å². The predicted octanol–water partition coefficient (Wildman–Crippen LogP) is 3.51. The van der Waals surface area contributed by atoms with Crippen molar-refractivity contribution in [2.24, 2.45) is 0 Å². The minimum absolute atomic E-state index is 0.535. The first-order valence-electron chi connectivity index (χ1n) is 7.62. The Labute approximate surface area is 141 Å². The number of unbranched alkanes of at least 4 members (excludes halogenated alkanes) is 2. The van der Waals surface area contributed by atoms with Crippen LogP contribution in [0.2, 0.25) is 0 Å². The Morgan fingerprint density at radius 3 is 3.10 bits per heavy atom. The van der Waals surface area contributed by atoms with Crippen LogP contribution in [0.15, 0.2) is 18.5 Å². The molecule has 3 nitrogen and oxygen atoms in total. The Morgan fingerprint density at radius 2 is 2.33 bits per heavy atom. The summed E-state index contributed by atoms with van der Waals surface area (Å²) in [6, 6.07) is 2.53. The minimum Gasteiger partial charge on any atom is -0.490 e. The molecular weight excluding hydrogens is 375 g/mol. The summed E-state index contributed by atoms with van der Waals surface area (Å²) < 4.78 is 7.08. The summed E-state index contributed by atoms with van der Waals surface area (Å²) in [5.74, 6) is 7.21. The van der Waals surface area contributed by atoms with E-state index in [0.29, 0.717) is 6.04 Å². The number of ether oxygens (including phenoxy) is 1. The molecule has 0 N–H and O–H groups in total. The van der Waals surface area contributed by atoms with Crippen molar-refractivity contribution in [1.82, 2.24) is 9.88 Å². The van der Waals surface area contributed by atoms with Crippen LogP contribution in [-0.2, 0) is 0 Å². The summed E-state index contributed by atoms with van der Waals surface area (Å²) >= 11 is 2.40. The highest BCUT2D eigenvalue weighted by molar-refractivity contribution is 14.1. The summed E-state index contributed by atoms with van der Waals surface area (Å²) in [7, 11) is 2.16. The number of halogens is 1. The van der Waals surface area contributed by atoms with Crippen molar-refractivity contribution < 1.29 is 4.74 Å². The summed E-state index contributed by atoms with van der Waals surface area (Å²) in [5.41, 5.74) is 0.946. The molecule has 21 heavy (non-hydrogen) atoms. The van der Waals surface area contributed by atoms with Gasteiger partial charge in [-0.3, -0.25) is 4.98 Å². The van der Waals surface area contributed by atoms with E-state index in [9.17, 15) is 0 Å². The summed E-state index contributed by atoms with van der Waals surface area (Å²) in [6.07, 6.45) is 9.45. The van der Waals surface area contributed by atoms with E-state index in [0.717, 1.165) is 24.3 Å². The molecule has 1 aromatic rings. The highest BCUT2D eigenvalue weighted by Crippen LogP contribution is 2.17. The Bertz CT molecular complexity index is 495. The quantitative estimate of drug-likeness (QED) is 0.318. The van der Waals surface area contributed by atoms with Gasteiger partial charge >= 0.3 is 0 Å².